The standard InChI is InChI=1S/C16H11ClN2O4/c1-22-11-3-5-16(14(9-11)19(20)21)23-15-6-7-18-13-8-10(17)2-4-12(13)15/h2-9H,1H3. The largest absolute Gasteiger partial charge is 0.496 e. The summed E-state index contributed by atoms with van der Waals surface area (Å²) in [5.74, 6) is 0.966. The summed E-state index contributed by atoms with van der Waals surface area (Å²) in [7, 11) is 1.44. The van der Waals surface area contributed by atoms with E-state index in [2.05, 4.69) is 4.98 Å². The van der Waals surface area contributed by atoms with Crippen LogP contribution in [0.4, 0.5) is 5.69 Å². The first kappa shape index (κ1) is 15.1. The highest BCUT2D eigenvalue weighted by atomic mass is 35.5. The summed E-state index contributed by atoms with van der Waals surface area (Å²) in [6.07, 6.45) is 1.56. The minimum atomic E-state index is -0.516. The molecule has 0 N–H and O–H groups in total. The number of methoxy groups -OCH3 is 1. The smallest absolute Gasteiger partial charge is 0.315 e. The Morgan fingerprint density at radius 3 is 2.70 bits per heavy atom. The first-order valence-electron chi connectivity index (χ1n) is 6.63. The van der Waals surface area contributed by atoms with Gasteiger partial charge in [-0.1, -0.05) is 11.6 Å². The zero-order valence-electron chi connectivity index (χ0n) is 12.0. The summed E-state index contributed by atoms with van der Waals surface area (Å²) in [4.78, 5) is 14.9. The van der Waals surface area contributed by atoms with Crippen LogP contribution >= 0.6 is 11.6 Å². The van der Waals surface area contributed by atoms with Crippen LogP contribution < -0.4 is 9.47 Å². The number of hydrogen-bond donors (Lipinski definition) is 0. The maximum absolute atomic E-state index is 11.2. The van der Waals surface area contributed by atoms with Crippen molar-refractivity contribution in [3.8, 4) is 17.2 Å². The predicted molar refractivity (Wildman–Crippen MR) is 86.5 cm³/mol. The van der Waals surface area contributed by atoms with E-state index in [1.807, 2.05) is 0 Å². The van der Waals surface area contributed by atoms with Gasteiger partial charge in [0.25, 0.3) is 0 Å². The highest BCUT2D eigenvalue weighted by Crippen LogP contribution is 2.36. The van der Waals surface area contributed by atoms with Crippen molar-refractivity contribution in [2.24, 2.45) is 0 Å². The van der Waals surface area contributed by atoms with Gasteiger partial charge in [-0.3, -0.25) is 15.1 Å². The van der Waals surface area contributed by atoms with Crippen molar-refractivity contribution in [2.75, 3.05) is 7.11 Å². The molecule has 0 bridgehead atoms. The minimum absolute atomic E-state index is 0.123. The number of aromatic nitrogens is 1. The van der Waals surface area contributed by atoms with E-state index in [1.54, 1.807) is 36.5 Å². The summed E-state index contributed by atoms with van der Waals surface area (Å²) < 4.78 is 10.8. The Bertz CT molecular complexity index is 898. The van der Waals surface area contributed by atoms with Gasteiger partial charge in [-0.15, -0.1) is 0 Å². The molecular formula is C16H11ClN2O4. The molecule has 0 spiro atoms. The van der Waals surface area contributed by atoms with Gasteiger partial charge < -0.3 is 9.47 Å². The third-order valence-electron chi connectivity index (χ3n) is 3.25. The van der Waals surface area contributed by atoms with Crippen molar-refractivity contribution in [3.05, 3.63) is 63.8 Å². The number of nitro groups is 1. The number of rotatable bonds is 4. The van der Waals surface area contributed by atoms with Crippen LogP contribution in [0, 0.1) is 10.1 Å². The van der Waals surface area contributed by atoms with Crippen LogP contribution in [0.25, 0.3) is 10.9 Å². The monoisotopic (exact) mass is 330 g/mol. The average molecular weight is 331 g/mol. The van der Waals surface area contributed by atoms with E-state index in [0.717, 1.165) is 0 Å². The molecule has 3 aromatic rings. The lowest BCUT2D eigenvalue weighted by Gasteiger charge is -2.10. The molecule has 0 aliphatic carbocycles. The number of pyridine rings is 1. The molecule has 0 fully saturated rings. The molecule has 0 radical (unpaired) electrons. The Morgan fingerprint density at radius 1 is 1.13 bits per heavy atom. The summed E-state index contributed by atoms with van der Waals surface area (Å²) in [5, 5.41) is 12.5. The van der Waals surface area contributed by atoms with Crippen molar-refractivity contribution in [1.29, 1.82) is 0 Å². The van der Waals surface area contributed by atoms with Crippen molar-refractivity contribution in [1.82, 2.24) is 4.98 Å². The van der Waals surface area contributed by atoms with E-state index in [4.69, 9.17) is 21.1 Å². The van der Waals surface area contributed by atoms with Crippen LogP contribution in [-0.2, 0) is 0 Å². The molecule has 116 valence electrons. The normalized spacial score (nSPS) is 10.5. The molecular weight excluding hydrogens is 320 g/mol. The van der Waals surface area contributed by atoms with Crippen molar-refractivity contribution < 1.29 is 14.4 Å². The van der Waals surface area contributed by atoms with Crippen LogP contribution in [-0.4, -0.2) is 17.0 Å². The van der Waals surface area contributed by atoms with Gasteiger partial charge in [0.05, 0.1) is 23.6 Å². The van der Waals surface area contributed by atoms with Crippen LogP contribution in [0.1, 0.15) is 0 Å². The second kappa shape index (κ2) is 6.10. The summed E-state index contributed by atoms with van der Waals surface area (Å²) in [6.45, 7) is 0. The minimum Gasteiger partial charge on any atom is -0.496 e. The van der Waals surface area contributed by atoms with Gasteiger partial charge in [0.1, 0.15) is 11.5 Å². The Kier molecular flexibility index (Phi) is 3.99. The van der Waals surface area contributed by atoms with Gasteiger partial charge >= 0.3 is 5.69 Å². The maximum atomic E-state index is 11.2. The van der Waals surface area contributed by atoms with Crippen molar-refractivity contribution in [3.63, 3.8) is 0 Å². The fraction of sp³-hybridized carbons (Fsp3) is 0.0625. The average Bonchev–Trinajstić information content (AvgIpc) is 2.55. The van der Waals surface area contributed by atoms with E-state index in [1.165, 1.54) is 19.2 Å². The molecule has 1 aromatic heterocycles. The third kappa shape index (κ3) is 3.02. The molecule has 0 unspecified atom stereocenters. The number of fused-ring (bicyclic) bond motifs is 1. The van der Waals surface area contributed by atoms with Crippen LogP contribution in [0.2, 0.25) is 5.02 Å². The summed E-state index contributed by atoms with van der Waals surface area (Å²) >= 11 is 5.95. The van der Waals surface area contributed by atoms with Crippen molar-refractivity contribution in [2.45, 2.75) is 0 Å². The van der Waals surface area contributed by atoms with Gasteiger partial charge in [-0.2, -0.15) is 0 Å². The SMILES string of the molecule is COc1ccc(Oc2ccnc3cc(Cl)ccc23)c([N+](=O)[O-])c1. The lowest BCUT2D eigenvalue weighted by atomic mass is 10.2. The zero-order valence-corrected chi connectivity index (χ0v) is 12.8. The third-order valence-corrected chi connectivity index (χ3v) is 3.48. The molecule has 23 heavy (non-hydrogen) atoms. The van der Waals surface area contributed by atoms with Gasteiger partial charge in [0, 0.05) is 16.6 Å². The molecule has 0 aliphatic heterocycles. The van der Waals surface area contributed by atoms with Crippen molar-refractivity contribution >= 4 is 28.2 Å². The quantitative estimate of drug-likeness (QED) is 0.516. The number of halogens is 1. The molecule has 2 aromatic carbocycles. The molecule has 1 heterocycles. The predicted octanol–water partition coefficient (Wildman–Crippen LogP) is 4.60. The maximum Gasteiger partial charge on any atom is 0.315 e. The van der Waals surface area contributed by atoms with E-state index < -0.39 is 4.92 Å². The van der Waals surface area contributed by atoms with Gasteiger partial charge in [-0.25, -0.2) is 0 Å². The highest BCUT2D eigenvalue weighted by molar-refractivity contribution is 6.31. The topological polar surface area (TPSA) is 74.5 Å². The molecule has 0 saturated carbocycles. The lowest BCUT2D eigenvalue weighted by molar-refractivity contribution is -0.385. The summed E-state index contributed by atoms with van der Waals surface area (Å²) in [6, 6.07) is 11.2. The van der Waals surface area contributed by atoms with Crippen LogP contribution in [0.15, 0.2) is 48.7 Å². The molecule has 0 amide bonds. The number of nitro benzene ring substituents is 1. The second-order valence-corrected chi connectivity index (χ2v) is 5.10. The molecule has 0 atom stereocenters. The van der Waals surface area contributed by atoms with Gasteiger partial charge in [-0.05, 0) is 36.4 Å². The van der Waals surface area contributed by atoms with Crippen LogP contribution in [0.5, 0.6) is 17.2 Å². The number of benzene rings is 2. The first-order valence-corrected chi connectivity index (χ1v) is 7.01. The highest BCUT2D eigenvalue weighted by Gasteiger charge is 2.18. The Morgan fingerprint density at radius 2 is 1.96 bits per heavy atom. The Labute approximate surface area is 136 Å². The fourth-order valence-electron chi connectivity index (χ4n) is 2.16. The number of ether oxygens (including phenoxy) is 2. The Hall–Kier alpha value is -2.86. The molecule has 6 nitrogen and oxygen atoms in total. The van der Waals surface area contributed by atoms with E-state index in [0.29, 0.717) is 27.4 Å². The fourth-order valence-corrected chi connectivity index (χ4v) is 2.32. The molecule has 0 saturated heterocycles. The van der Waals surface area contributed by atoms with E-state index >= 15 is 0 Å². The first-order chi connectivity index (χ1) is 11.1. The van der Waals surface area contributed by atoms with Crippen LogP contribution in [0.3, 0.4) is 0 Å². The number of hydrogen-bond acceptors (Lipinski definition) is 5. The van der Waals surface area contributed by atoms with E-state index in [-0.39, 0.29) is 11.4 Å². The molecule has 0 aliphatic rings. The Balaban J connectivity index is 2.07. The van der Waals surface area contributed by atoms with Gasteiger partial charge in [0.2, 0.25) is 5.75 Å². The number of nitrogens with zero attached hydrogens (tertiary/aromatic N) is 2. The zero-order chi connectivity index (χ0) is 16.4. The summed E-state index contributed by atoms with van der Waals surface area (Å²) in [5.41, 5.74) is 0.467. The van der Waals surface area contributed by atoms with Gasteiger partial charge in [0.15, 0.2) is 0 Å². The second-order valence-electron chi connectivity index (χ2n) is 4.66. The molecule has 7 heteroatoms. The molecule has 3 rings (SSSR count). The lowest BCUT2D eigenvalue weighted by Crippen LogP contribution is -1.95. The van der Waals surface area contributed by atoms with E-state index in [9.17, 15) is 10.1 Å².